The molecule has 1 amide bonds. The number of benzene rings is 1. The second-order valence-electron chi connectivity index (χ2n) is 8.15. The van der Waals surface area contributed by atoms with E-state index in [-0.39, 0.29) is 11.7 Å². The van der Waals surface area contributed by atoms with Gasteiger partial charge in [-0.25, -0.2) is 0 Å². The summed E-state index contributed by atoms with van der Waals surface area (Å²) in [5.74, 6) is 0.561. The molecule has 1 aromatic heterocycles. The first-order valence-electron chi connectivity index (χ1n) is 10.4. The third kappa shape index (κ3) is 4.34. The Labute approximate surface area is 170 Å². The molecule has 0 bridgehead atoms. The molecular weight excluding hydrogens is 368 g/mol. The maximum absolute atomic E-state index is 12.5. The summed E-state index contributed by atoms with van der Waals surface area (Å²) in [5, 5.41) is 10.9. The summed E-state index contributed by atoms with van der Waals surface area (Å²) in [6, 6.07) is 7.35. The van der Waals surface area contributed by atoms with E-state index in [2.05, 4.69) is 21.8 Å². The number of aromatic nitrogens is 2. The van der Waals surface area contributed by atoms with Crippen molar-refractivity contribution in [2.75, 3.05) is 11.9 Å². The van der Waals surface area contributed by atoms with Gasteiger partial charge in [0.2, 0.25) is 5.91 Å². The molecule has 2 aliphatic rings. The van der Waals surface area contributed by atoms with E-state index in [1.54, 1.807) is 18.2 Å². The van der Waals surface area contributed by atoms with Crippen LogP contribution in [0.2, 0.25) is 0 Å². The standard InChI is InChI=1S/C22H28N4O3/c1-3-22(2)13-19(27)18-12-15(5-7-20(18)29-22)24-21(28)8-6-16-11-17-14-23-9-4-10-26(17)25-16/h5,7,11-12,23H,3-4,6,8-10,13-14H2,1-2H3,(H,24,28)/t22-/m1/s1. The molecule has 7 nitrogen and oxygen atoms in total. The molecule has 3 heterocycles. The third-order valence-electron chi connectivity index (χ3n) is 5.75. The Morgan fingerprint density at radius 1 is 1.38 bits per heavy atom. The number of hydrogen-bond donors (Lipinski definition) is 2. The number of nitrogens with zero attached hydrogens (tertiary/aromatic N) is 2. The van der Waals surface area contributed by atoms with Gasteiger partial charge >= 0.3 is 0 Å². The number of ketones is 1. The average Bonchev–Trinajstić information content (AvgIpc) is 2.96. The summed E-state index contributed by atoms with van der Waals surface area (Å²) in [5.41, 5.74) is 2.82. The van der Waals surface area contributed by atoms with E-state index in [0.717, 1.165) is 38.2 Å². The molecule has 154 valence electrons. The van der Waals surface area contributed by atoms with E-state index < -0.39 is 5.60 Å². The molecule has 29 heavy (non-hydrogen) atoms. The van der Waals surface area contributed by atoms with Gasteiger partial charge in [0.15, 0.2) is 5.78 Å². The second-order valence-corrected chi connectivity index (χ2v) is 8.15. The minimum absolute atomic E-state index is 0.0554. The Morgan fingerprint density at radius 3 is 3.07 bits per heavy atom. The van der Waals surface area contributed by atoms with Crippen LogP contribution in [-0.4, -0.2) is 33.6 Å². The Bertz CT molecular complexity index is 913. The molecule has 1 atom stereocenters. The zero-order valence-corrected chi connectivity index (χ0v) is 17.1. The molecule has 0 radical (unpaired) electrons. The van der Waals surface area contributed by atoms with Crippen LogP contribution in [0.1, 0.15) is 61.3 Å². The van der Waals surface area contributed by atoms with Gasteiger partial charge in [0.1, 0.15) is 11.4 Å². The van der Waals surface area contributed by atoms with Gasteiger partial charge < -0.3 is 15.4 Å². The first-order chi connectivity index (χ1) is 14.0. The third-order valence-corrected chi connectivity index (χ3v) is 5.75. The molecular formula is C22H28N4O3. The molecule has 4 rings (SSSR count). The molecule has 0 saturated heterocycles. The van der Waals surface area contributed by atoms with E-state index in [4.69, 9.17) is 4.74 Å². The normalized spacial score (nSPS) is 21.0. The van der Waals surface area contributed by atoms with Gasteiger partial charge in [-0.2, -0.15) is 5.10 Å². The summed E-state index contributed by atoms with van der Waals surface area (Å²) in [7, 11) is 0. The monoisotopic (exact) mass is 396 g/mol. The number of Topliss-reactive ketones (excluding diaryl/α,β-unsaturated/α-hetero) is 1. The molecule has 1 aromatic carbocycles. The van der Waals surface area contributed by atoms with Gasteiger partial charge in [-0.3, -0.25) is 14.3 Å². The number of carbonyl (C=O) groups excluding carboxylic acids is 2. The van der Waals surface area contributed by atoms with Crippen LogP contribution >= 0.6 is 0 Å². The first kappa shape index (κ1) is 19.6. The number of hydrogen-bond acceptors (Lipinski definition) is 5. The van der Waals surface area contributed by atoms with Crippen LogP contribution in [0.25, 0.3) is 0 Å². The number of carbonyl (C=O) groups is 2. The lowest BCUT2D eigenvalue weighted by Gasteiger charge is -2.34. The number of rotatable bonds is 5. The zero-order valence-electron chi connectivity index (χ0n) is 17.1. The number of nitrogens with one attached hydrogen (secondary N) is 2. The van der Waals surface area contributed by atoms with E-state index in [1.165, 1.54) is 5.69 Å². The van der Waals surface area contributed by atoms with Crippen molar-refractivity contribution in [1.29, 1.82) is 0 Å². The Hall–Kier alpha value is -2.67. The quantitative estimate of drug-likeness (QED) is 0.811. The van der Waals surface area contributed by atoms with E-state index >= 15 is 0 Å². The van der Waals surface area contributed by atoms with Crippen molar-refractivity contribution in [3.63, 3.8) is 0 Å². The van der Waals surface area contributed by atoms with Crippen molar-refractivity contribution >= 4 is 17.4 Å². The Kier molecular flexibility index (Phi) is 5.41. The largest absolute Gasteiger partial charge is 0.486 e. The molecule has 7 heteroatoms. The lowest BCUT2D eigenvalue weighted by molar-refractivity contribution is -0.116. The van der Waals surface area contributed by atoms with Crippen molar-refractivity contribution in [3.05, 3.63) is 41.2 Å². The van der Waals surface area contributed by atoms with Crippen LogP contribution in [0.4, 0.5) is 5.69 Å². The van der Waals surface area contributed by atoms with Crippen molar-refractivity contribution in [3.8, 4) is 5.75 Å². The lowest BCUT2D eigenvalue weighted by atomic mass is 9.89. The van der Waals surface area contributed by atoms with Crippen molar-refractivity contribution in [1.82, 2.24) is 15.1 Å². The van der Waals surface area contributed by atoms with Gasteiger partial charge in [0.05, 0.1) is 23.4 Å². The fourth-order valence-corrected chi connectivity index (χ4v) is 3.86. The number of aryl methyl sites for hydroxylation is 2. The number of amides is 1. The predicted molar refractivity (Wildman–Crippen MR) is 110 cm³/mol. The summed E-state index contributed by atoms with van der Waals surface area (Å²) in [4.78, 5) is 24.9. The maximum Gasteiger partial charge on any atom is 0.224 e. The van der Waals surface area contributed by atoms with Crippen molar-refractivity contribution < 1.29 is 14.3 Å². The Morgan fingerprint density at radius 2 is 2.24 bits per heavy atom. The maximum atomic E-state index is 12.5. The molecule has 2 aliphatic heterocycles. The highest BCUT2D eigenvalue weighted by Gasteiger charge is 2.35. The fraction of sp³-hybridized carbons (Fsp3) is 0.500. The van der Waals surface area contributed by atoms with E-state index in [1.807, 2.05) is 18.5 Å². The molecule has 0 saturated carbocycles. The van der Waals surface area contributed by atoms with Crippen LogP contribution in [-0.2, 0) is 24.3 Å². The van der Waals surface area contributed by atoms with Crippen molar-refractivity contribution in [2.24, 2.45) is 0 Å². The average molecular weight is 396 g/mol. The molecule has 0 fully saturated rings. The molecule has 2 N–H and O–H groups in total. The number of fused-ring (bicyclic) bond motifs is 2. The van der Waals surface area contributed by atoms with Gasteiger partial charge in [-0.15, -0.1) is 0 Å². The summed E-state index contributed by atoms with van der Waals surface area (Å²) in [6.07, 6.45) is 3.12. The molecule has 0 spiro atoms. The Balaban J connectivity index is 1.37. The van der Waals surface area contributed by atoms with Crippen LogP contribution in [0.5, 0.6) is 5.75 Å². The summed E-state index contributed by atoms with van der Waals surface area (Å²) >= 11 is 0. The zero-order chi connectivity index (χ0) is 20.4. The topological polar surface area (TPSA) is 85.2 Å². The number of ether oxygens (including phenoxy) is 1. The van der Waals surface area contributed by atoms with E-state index in [0.29, 0.717) is 36.3 Å². The smallest absolute Gasteiger partial charge is 0.224 e. The van der Waals surface area contributed by atoms with Crippen LogP contribution in [0.15, 0.2) is 24.3 Å². The molecule has 0 aliphatic carbocycles. The first-order valence-corrected chi connectivity index (χ1v) is 10.4. The minimum atomic E-state index is -0.451. The molecule has 0 unspecified atom stereocenters. The second kappa shape index (κ2) is 7.99. The predicted octanol–water partition coefficient (Wildman–Crippen LogP) is 3.08. The summed E-state index contributed by atoms with van der Waals surface area (Å²) < 4.78 is 8.04. The minimum Gasteiger partial charge on any atom is -0.486 e. The van der Waals surface area contributed by atoms with Gasteiger partial charge in [-0.1, -0.05) is 6.92 Å². The van der Waals surface area contributed by atoms with Crippen LogP contribution < -0.4 is 15.4 Å². The highest BCUT2D eigenvalue weighted by molar-refractivity contribution is 6.02. The fourth-order valence-electron chi connectivity index (χ4n) is 3.86. The summed E-state index contributed by atoms with van der Waals surface area (Å²) in [6.45, 7) is 6.71. The van der Waals surface area contributed by atoms with Gasteiger partial charge in [-0.05, 0) is 50.6 Å². The van der Waals surface area contributed by atoms with Crippen LogP contribution in [0, 0.1) is 0 Å². The van der Waals surface area contributed by atoms with E-state index in [9.17, 15) is 9.59 Å². The van der Waals surface area contributed by atoms with Crippen molar-refractivity contribution in [2.45, 2.75) is 64.6 Å². The highest BCUT2D eigenvalue weighted by Crippen LogP contribution is 2.36. The molecule has 2 aromatic rings. The lowest BCUT2D eigenvalue weighted by Crippen LogP contribution is -2.38. The number of anilines is 1. The van der Waals surface area contributed by atoms with Gasteiger partial charge in [0, 0.05) is 31.6 Å². The van der Waals surface area contributed by atoms with Gasteiger partial charge in [0.25, 0.3) is 0 Å². The SMILES string of the molecule is CC[C@]1(C)CC(=O)c2cc(NC(=O)CCc3cc4n(n3)CCCNC4)ccc2O1. The van der Waals surface area contributed by atoms with Crippen LogP contribution in [0.3, 0.4) is 0 Å². The highest BCUT2D eigenvalue weighted by atomic mass is 16.5.